The first kappa shape index (κ1) is 24.5. The number of carbonyl (C=O) groups excluding carboxylic acids is 2. The van der Waals surface area contributed by atoms with E-state index in [0.29, 0.717) is 31.7 Å². The number of nitrogens with zero attached hydrogens (tertiary/aromatic N) is 1. The Kier molecular flexibility index (Phi) is 7.55. The number of amides is 2. The average Bonchev–Trinajstić information content (AvgIpc) is 2.61. The Morgan fingerprint density at radius 1 is 1.19 bits per heavy atom. The SMILES string of the molecule is CC(C)(C)NC(=O)OC1CCC(Nc2nc(OCC(F)(F)F)c(C(N)=O)cc2F)CC1. The third kappa shape index (κ3) is 8.10. The van der Waals surface area contributed by atoms with Crippen LogP contribution in [0.5, 0.6) is 5.88 Å². The van der Waals surface area contributed by atoms with E-state index < -0.39 is 47.6 Å². The van der Waals surface area contributed by atoms with Gasteiger partial charge in [0.15, 0.2) is 18.2 Å². The Morgan fingerprint density at radius 3 is 2.32 bits per heavy atom. The Labute approximate surface area is 176 Å². The van der Waals surface area contributed by atoms with E-state index >= 15 is 0 Å². The highest BCUT2D eigenvalue weighted by molar-refractivity contribution is 5.95. The predicted molar refractivity (Wildman–Crippen MR) is 103 cm³/mol. The zero-order valence-corrected chi connectivity index (χ0v) is 17.4. The van der Waals surface area contributed by atoms with Crippen LogP contribution >= 0.6 is 0 Å². The van der Waals surface area contributed by atoms with Gasteiger partial charge in [0.25, 0.3) is 5.91 Å². The fraction of sp³-hybridized carbons (Fsp3) is 0.632. The number of primary amides is 1. The second-order valence-electron chi connectivity index (χ2n) is 8.34. The highest BCUT2D eigenvalue weighted by atomic mass is 19.4. The molecular formula is C19H26F4N4O4. The van der Waals surface area contributed by atoms with Crippen molar-refractivity contribution in [3.63, 3.8) is 0 Å². The summed E-state index contributed by atoms with van der Waals surface area (Å²) in [5.74, 6) is -3.17. The molecule has 1 aromatic rings. The Morgan fingerprint density at radius 2 is 1.81 bits per heavy atom. The van der Waals surface area contributed by atoms with E-state index in [9.17, 15) is 27.2 Å². The number of nitrogens with two attached hydrogens (primary N) is 1. The minimum absolute atomic E-state index is 0.262. The normalized spacial score (nSPS) is 19.5. The molecule has 2 amide bonds. The number of halogens is 4. The van der Waals surface area contributed by atoms with E-state index in [4.69, 9.17) is 10.5 Å². The number of hydrogen-bond donors (Lipinski definition) is 3. The number of carbonyl (C=O) groups is 2. The first-order chi connectivity index (χ1) is 14.2. The van der Waals surface area contributed by atoms with Gasteiger partial charge >= 0.3 is 12.3 Å². The van der Waals surface area contributed by atoms with E-state index in [2.05, 4.69) is 20.4 Å². The van der Waals surface area contributed by atoms with Crippen molar-refractivity contribution in [1.82, 2.24) is 10.3 Å². The number of ether oxygens (including phenoxy) is 2. The summed E-state index contributed by atoms with van der Waals surface area (Å²) in [5.41, 5.74) is 4.06. The third-order valence-corrected chi connectivity index (χ3v) is 4.34. The molecule has 1 aliphatic carbocycles. The average molecular weight is 450 g/mol. The molecule has 8 nitrogen and oxygen atoms in total. The van der Waals surface area contributed by atoms with Gasteiger partial charge in [-0.05, 0) is 52.5 Å². The molecule has 1 heterocycles. The summed E-state index contributed by atoms with van der Waals surface area (Å²) < 4.78 is 61.6. The molecule has 4 N–H and O–H groups in total. The molecule has 2 rings (SSSR count). The molecule has 1 aliphatic rings. The van der Waals surface area contributed by atoms with Crippen LogP contribution in [0.4, 0.5) is 28.2 Å². The van der Waals surface area contributed by atoms with Crippen LogP contribution in [-0.4, -0.2) is 47.5 Å². The highest BCUT2D eigenvalue weighted by Crippen LogP contribution is 2.28. The number of alkyl halides is 3. The highest BCUT2D eigenvalue weighted by Gasteiger charge is 2.31. The largest absolute Gasteiger partial charge is 0.467 e. The fourth-order valence-electron chi connectivity index (χ4n) is 3.02. The van der Waals surface area contributed by atoms with Crippen molar-refractivity contribution in [1.29, 1.82) is 0 Å². The minimum Gasteiger partial charge on any atom is -0.467 e. The molecule has 0 bridgehead atoms. The number of pyridine rings is 1. The van der Waals surface area contributed by atoms with Crippen LogP contribution in [0.2, 0.25) is 0 Å². The molecule has 0 saturated heterocycles. The van der Waals surface area contributed by atoms with Gasteiger partial charge in [-0.3, -0.25) is 4.79 Å². The summed E-state index contributed by atoms with van der Waals surface area (Å²) in [6.45, 7) is 3.77. The molecule has 174 valence electrons. The second kappa shape index (κ2) is 9.56. The van der Waals surface area contributed by atoms with Crippen molar-refractivity contribution in [2.24, 2.45) is 5.73 Å². The van der Waals surface area contributed by atoms with Crippen molar-refractivity contribution >= 4 is 17.8 Å². The molecule has 12 heteroatoms. The van der Waals surface area contributed by atoms with E-state index in [0.717, 1.165) is 0 Å². The second-order valence-corrected chi connectivity index (χ2v) is 8.34. The molecule has 0 unspecified atom stereocenters. The van der Waals surface area contributed by atoms with E-state index in [1.54, 1.807) is 0 Å². The maximum atomic E-state index is 14.3. The van der Waals surface area contributed by atoms with Crippen molar-refractivity contribution in [3.05, 3.63) is 17.4 Å². The van der Waals surface area contributed by atoms with Gasteiger partial charge in [0.1, 0.15) is 11.7 Å². The molecule has 1 saturated carbocycles. The number of alkyl carbamates (subject to hydrolysis) is 1. The lowest BCUT2D eigenvalue weighted by Crippen LogP contribution is -2.43. The third-order valence-electron chi connectivity index (χ3n) is 4.34. The molecule has 0 aliphatic heterocycles. The van der Waals surface area contributed by atoms with Crippen molar-refractivity contribution < 1.29 is 36.6 Å². The molecule has 0 spiro atoms. The van der Waals surface area contributed by atoms with Gasteiger partial charge in [-0.15, -0.1) is 0 Å². The monoisotopic (exact) mass is 450 g/mol. The van der Waals surface area contributed by atoms with Crippen LogP contribution in [0.1, 0.15) is 56.8 Å². The Hall–Kier alpha value is -2.79. The number of anilines is 1. The van der Waals surface area contributed by atoms with Gasteiger partial charge in [-0.1, -0.05) is 0 Å². The maximum absolute atomic E-state index is 14.3. The van der Waals surface area contributed by atoms with Crippen LogP contribution in [0.25, 0.3) is 0 Å². The molecule has 31 heavy (non-hydrogen) atoms. The van der Waals surface area contributed by atoms with Crippen molar-refractivity contribution in [3.8, 4) is 5.88 Å². The molecule has 0 radical (unpaired) electrons. The molecule has 1 fully saturated rings. The lowest BCUT2D eigenvalue weighted by Gasteiger charge is -2.30. The van der Waals surface area contributed by atoms with Gasteiger partial charge < -0.3 is 25.8 Å². The maximum Gasteiger partial charge on any atom is 0.422 e. The van der Waals surface area contributed by atoms with Crippen LogP contribution in [0.3, 0.4) is 0 Å². The summed E-state index contributed by atoms with van der Waals surface area (Å²) in [6.07, 6.45) is -3.47. The number of rotatable bonds is 6. The van der Waals surface area contributed by atoms with Gasteiger partial charge in [0, 0.05) is 11.6 Å². The first-order valence-corrected chi connectivity index (χ1v) is 9.69. The number of nitrogens with one attached hydrogen (secondary N) is 2. The summed E-state index contributed by atoms with van der Waals surface area (Å²) >= 11 is 0. The Bertz CT molecular complexity index is 803. The van der Waals surface area contributed by atoms with Crippen LogP contribution < -0.4 is 21.1 Å². The summed E-state index contributed by atoms with van der Waals surface area (Å²) in [5, 5.41) is 5.51. The first-order valence-electron chi connectivity index (χ1n) is 9.69. The standard InChI is InChI=1S/C19H26F4N4O4/c1-18(2,3)27-17(29)31-11-6-4-10(5-7-11)25-15-13(20)8-12(14(24)28)16(26-15)30-9-19(21,22)23/h8,10-11H,4-7,9H2,1-3H3,(H2,24,28)(H,25,26)(H,27,29). The van der Waals surface area contributed by atoms with Gasteiger partial charge in [0.05, 0.1) is 0 Å². The van der Waals surface area contributed by atoms with Crippen molar-refractivity contribution in [2.45, 2.75) is 70.3 Å². The number of aromatic nitrogens is 1. The Balaban J connectivity index is 2.00. The summed E-state index contributed by atoms with van der Waals surface area (Å²) in [6, 6.07) is 0.428. The van der Waals surface area contributed by atoms with Crippen LogP contribution in [-0.2, 0) is 4.74 Å². The predicted octanol–water partition coefficient (Wildman–Crippen LogP) is 3.51. The zero-order valence-electron chi connectivity index (χ0n) is 17.4. The fourth-order valence-corrected chi connectivity index (χ4v) is 3.02. The van der Waals surface area contributed by atoms with Gasteiger partial charge in [-0.25, -0.2) is 9.18 Å². The molecular weight excluding hydrogens is 424 g/mol. The van der Waals surface area contributed by atoms with Gasteiger partial charge in [-0.2, -0.15) is 18.2 Å². The lowest BCUT2D eigenvalue weighted by molar-refractivity contribution is -0.154. The van der Waals surface area contributed by atoms with Crippen LogP contribution in [0, 0.1) is 5.82 Å². The zero-order chi connectivity index (χ0) is 23.4. The molecule has 0 atom stereocenters. The van der Waals surface area contributed by atoms with Crippen molar-refractivity contribution in [2.75, 3.05) is 11.9 Å². The molecule has 1 aromatic heterocycles. The smallest absolute Gasteiger partial charge is 0.422 e. The lowest BCUT2D eigenvalue weighted by atomic mass is 9.93. The number of hydrogen-bond acceptors (Lipinski definition) is 6. The van der Waals surface area contributed by atoms with E-state index in [-0.39, 0.29) is 18.0 Å². The van der Waals surface area contributed by atoms with Crippen LogP contribution in [0.15, 0.2) is 6.07 Å². The quantitative estimate of drug-likeness (QED) is 0.572. The summed E-state index contributed by atoms with van der Waals surface area (Å²) in [7, 11) is 0. The van der Waals surface area contributed by atoms with E-state index in [1.165, 1.54) is 0 Å². The molecule has 0 aromatic carbocycles. The summed E-state index contributed by atoms with van der Waals surface area (Å²) in [4.78, 5) is 27.0. The van der Waals surface area contributed by atoms with Gasteiger partial charge in [0.2, 0.25) is 5.88 Å². The topological polar surface area (TPSA) is 116 Å². The van der Waals surface area contributed by atoms with E-state index in [1.807, 2.05) is 20.8 Å². The minimum atomic E-state index is -4.67.